The second-order valence-electron chi connectivity index (χ2n) is 1.97. The van der Waals surface area contributed by atoms with Crippen LogP contribution in [0.5, 0.6) is 0 Å². The fourth-order valence-corrected chi connectivity index (χ4v) is 0.663. The lowest BCUT2D eigenvalue weighted by molar-refractivity contribution is 0.985. The number of hydrogen-bond donors (Lipinski definition) is 1. The topological polar surface area (TPSA) is 12.0 Å². The highest BCUT2D eigenvalue weighted by Crippen LogP contribution is 1.83. The van der Waals surface area contributed by atoms with Crippen molar-refractivity contribution in [1.29, 1.82) is 0 Å². The fourth-order valence-electron chi connectivity index (χ4n) is 0.663. The molecule has 1 heteroatoms. The molecule has 1 nitrogen and oxygen atoms in total. The van der Waals surface area contributed by atoms with E-state index >= 15 is 0 Å². The van der Waals surface area contributed by atoms with Gasteiger partial charge in [-0.3, -0.25) is 0 Å². The number of hydrogen-bond acceptors (Lipinski definition) is 1. The van der Waals surface area contributed by atoms with E-state index in [1.807, 2.05) is 42.7 Å². The van der Waals surface area contributed by atoms with Gasteiger partial charge in [0, 0.05) is 6.54 Å². The van der Waals surface area contributed by atoms with Gasteiger partial charge in [-0.2, -0.15) is 0 Å². The fraction of sp³-hybridized carbons (Fsp3) is 0.111. The molecule has 0 amide bonds. The van der Waals surface area contributed by atoms with Crippen LogP contribution in [0.2, 0.25) is 0 Å². The monoisotopic (exact) mass is 133 g/mol. The van der Waals surface area contributed by atoms with Crippen molar-refractivity contribution in [2.75, 3.05) is 6.54 Å². The second kappa shape index (κ2) is 4.62. The van der Waals surface area contributed by atoms with Crippen molar-refractivity contribution in [3.8, 4) is 0 Å². The Kier molecular flexibility index (Phi) is 3.18. The van der Waals surface area contributed by atoms with Crippen LogP contribution in [-0.4, -0.2) is 6.54 Å². The Labute approximate surface area is 61.4 Å². The average Bonchev–Trinajstić information content (AvgIpc) is 2.01. The van der Waals surface area contributed by atoms with Crippen LogP contribution in [0.3, 0.4) is 0 Å². The number of nitrogens with one attached hydrogen (secondary N) is 1. The quantitative estimate of drug-likeness (QED) is 0.531. The zero-order valence-corrected chi connectivity index (χ0v) is 5.83. The van der Waals surface area contributed by atoms with Gasteiger partial charge in [0.2, 0.25) is 0 Å². The summed E-state index contributed by atoms with van der Waals surface area (Å²) in [5, 5.41) is 3.10. The Bertz CT molecular complexity index is 163. The van der Waals surface area contributed by atoms with Crippen LogP contribution in [0, 0.1) is 0 Å². The van der Waals surface area contributed by atoms with Gasteiger partial charge in [-0.15, -0.1) is 0 Å². The molecular weight excluding hydrogens is 122 g/mol. The molecule has 1 rings (SSSR count). The molecule has 0 radical (unpaired) electrons. The van der Waals surface area contributed by atoms with Crippen molar-refractivity contribution in [1.82, 2.24) is 5.32 Å². The Morgan fingerprint density at radius 3 is 2.40 bits per heavy atom. The molecule has 0 fully saturated rings. The van der Waals surface area contributed by atoms with Gasteiger partial charge < -0.3 is 5.32 Å². The molecule has 1 heterocycles. The minimum Gasteiger partial charge on any atom is -0.387 e. The van der Waals surface area contributed by atoms with Crippen molar-refractivity contribution in [2.45, 2.75) is 0 Å². The molecule has 0 aromatic rings. The summed E-state index contributed by atoms with van der Waals surface area (Å²) in [5.74, 6) is 0. The number of allylic oxidation sites excluding steroid dienone is 6. The Morgan fingerprint density at radius 2 is 1.50 bits per heavy atom. The van der Waals surface area contributed by atoms with E-state index in [1.165, 1.54) is 0 Å². The molecule has 0 aromatic carbocycles. The molecule has 1 aliphatic rings. The van der Waals surface area contributed by atoms with Gasteiger partial charge >= 0.3 is 0 Å². The molecule has 0 unspecified atom stereocenters. The molecule has 0 atom stereocenters. The highest BCUT2D eigenvalue weighted by molar-refractivity contribution is 5.16. The average molecular weight is 133 g/mol. The molecule has 0 saturated heterocycles. The van der Waals surface area contributed by atoms with Crippen LogP contribution in [0.25, 0.3) is 0 Å². The first-order valence-corrected chi connectivity index (χ1v) is 3.38. The van der Waals surface area contributed by atoms with E-state index in [0.717, 1.165) is 6.54 Å². The summed E-state index contributed by atoms with van der Waals surface area (Å²) in [6.45, 7) is 0.898. The predicted octanol–water partition coefficient (Wildman–Crippen LogP) is 1.77. The standard InChI is InChI=1S/C9H11N/c1-2-4-6-8-10-9-7-5-3-1/h1-8,10H,9H2/b3-1+,4-2?,7-5-,8-6?. The van der Waals surface area contributed by atoms with Gasteiger partial charge in [-0.05, 0) is 12.3 Å². The molecular formula is C9H11N. The van der Waals surface area contributed by atoms with E-state index in [4.69, 9.17) is 0 Å². The smallest absolute Gasteiger partial charge is 0.0328 e. The molecule has 0 bridgehead atoms. The van der Waals surface area contributed by atoms with Gasteiger partial charge in [0.15, 0.2) is 0 Å². The third kappa shape index (κ3) is 2.92. The van der Waals surface area contributed by atoms with Gasteiger partial charge in [-0.1, -0.05) is 36.5 Å². The molecule has 10 heavy (non-hydrogen) atoms. The summed E-state index contributed by atoms with van der Waals surface area (Å²) in [4.78, 5) is 0. The lowest BCUT2D eigenvalue weighted by Crippen LogP contribution is -2.02. The van der Waals surface area contributed by atoms with Crippen molar-refractivity contribution >= 4 is 0 Å². The second-order valence-corrected chi connectivity index (χ2v) is 1.97. The van der Waals surface area contributed by atoms with Crippen LogP contribution in [-0.2, 0) is 0 Å². The molecule has 0 spiro atoms. The van der Waals surface area contributed by atoms with Gasteiger partial charge in [-0.25, -0.2) is 0 Å². The van der Waals surface area contributed by atoms with Gasteiger partial charge in [0.1, 0.15) is 0 Å². The largest absolute Gasteiger partial charge is 0.387 e. The van der Waals surface area contributed by atoms with E-state index in [1.54, 1.807) is 0 Å². The summed E-state index contributed by atoms with van der Waals surface area (Å²) in [6, 6.07) is 0. The maximum absolute atomic E-state index is 3.10. The van der Waals surface area contributed by atoms with E-state index in [9.17, 15) is 0 Å². The predicted molar refractivity (Wildman–Crippen MR) is 44.6 cm³/mol. The summed E-state index contributed by atoms with van der Waals surface area (Å²) in [7, 11) is 0. The van der Waals surface area contributed by atoms with Crippen LogP contribution in [0.4, 0.5) is 0 Å². The van der Waals surface area contributed by atoms with Crippen LogP contribution in [0.15, 0.2) is 48.7 Å². The maximum Gasteiger partial charge on any atom is 0.0328 e. The summed E-state index contributed by atoms with van der Waals surface area (Å²) < 4.78 is 0. The van der Waals surface area contributed by atoms with E-state index in [2.05, 4.69) is 11.4 Å². The number of rotatable bonds is 0. The van der Waals surface area contributed by atoms with Crippen molar-refractivity contribution in [2.24, 2.45) is 0 Å². The molecule has 0 aromatic heterocycles. The zero-order valence-electron chi connectivity index (χ0n) is 5.83. The molecule has 1 aliphatic heterocycles. The normalized spacial score (nSPS) is 23.2. The Balaban J connectivity index is 2.53. The minimum absolute atomic E-state index is 0.898. The van der Waals surface area contributed by atoms with Crippen LogP contribution in [0.1, 0.15) is 0 Å². The van der Waals surface area contributed by atoms with E-state index in [0.29, 0.717) is 0 Å². The van der Waals surface area contributed by atoms with Crippen LogP contribution < -0.4 is 5.32 Å². The van der Waals surface area contributed by atoms with Crippen molar-refractivity contribution in [3.63, 3.8) is 0 Å². The summed E-state index contributed by atoms with van der Waals surface area (Å²) in [5.41, 5.74) is 0. The molecule has 1 N–H and O–H groups in total. The third-order valence-corrected chi connectivity index (χ3v) is 1.14. The summed E-state index contributed by atoms with van der Waals surface area (Å²) in [6.07, 6.45) is 16.0. The lowest BCUT2D eigenvalue weighted by Gasteiger charge is -1.91. The third-order valence-electron chi connectivity index (χ3n) is 1.14. The van der Waals surface area contributed by atoms with Crippen molar-refractivity contribution in [3.05, 3.63) is 48.7 Å². The van der Waals surface area contributed by atoms with Crippen molar-refractivity contribution < 1.29 is 0 Å². The SMILES string of the molecule is C1=C/C=C/C=C\CNC=C1. The zero-order chi connectivity index (χ0) is 7.07. The lowest BCUT2D eigenvalue weighted by atomic mass is 10.4. The Hall–Kier alpha value is -1.24. The van der Waals surface area contributed by atoms with Gasteiger partial charge in [0.05, 0.1) is 0 Å². The maximum atomic E-state index is 3.10. The summed E-state index contributed by atoms with van der Waals surface area (Å²) >= 11 is 0. The molecule has 0 aliphatic carbocycles. The first-order valence-electron chi connectivity index (χ1n) is 3.38. The van der Waals surface area contributed by atoms with Crippen LogP contribution >= 0.6 is 0 Å². The molecule has 0 saturated carbocycles. The highest BCUT2D eigenvalue weighted by atomic mass is 14.8. The first-order chi connectivity index (χ1) is 5.00. The van der Waals surface area contributed by atoms with E-state index < -0.39 is 0 Å². The minimum atomic E-state index is 0.898. The first kappa shape index (κ1) is 6.87. The van der Waals surface area contributed by atoms with E-state index in [-0.39, 0.29) is 0 Å². The molecule has 52 valence electrons. The van der Waals surface area contributed by atoms with Gasteiger partial charge in [0.25, 0.3) is 0 Å². The highest BCUT2D eigenvalue weighted by Gasteiger charge is 1.71. The Morgan fingerprint density at radius 1 is 0.800 bits per heavy atom.